The summed E-state index contributed by atoms with van der Waals surface area (Å²) in [6.07, 6.45) is 0. The van der Waals surface area contributed by atoms with Crippen molar-refractivity contribution in [3.05, 3.63) is 23.9 Å². The Morgan fingerprint density at radius 2 is 1.91 bits per heavy atom. The van der Waals surface area contributed by atoms with Crippen molar-refractivity contribution in [1.29, 1.82) is 0 Å². The predicted molar refractivity (Wildman–Crippen MR) is 34.0 cm³/mol. The van der Waals surface area contributed by atoms with Crippen LogP contribution in [0.2, 0.25) is 0 Å². The predicted octanol–water partition coefficient (Wildman–Crippen LogP) is -0.960. The van der Waals surface area contributed by atoms with Gasteiger partial charge in [-0.15, -0.1) is 0 Å². The lowest BCUT2D eigenvalue weighted by molar-refractivity contribution is 0.420. The molecule has 1 heterocycles. The summed E-state index contributed by atoms with van der Waals surface area (Å²) >= 11 is 0. The fraction of sp³-hybridized carbons (Fsp3) is 0. The quantitative estimate of drug-likeness (QED) is 0.409. The van der Waals surface area contributed by atoms with Gasteiger partial charge in [-0.05, 0) is 12.1 Å². The van der Waals surface area contributed by atoms with Crippen LogP contribution in [0.1, 0.15) is 0 Å². The topological polar surface area (TPSA) is 53.4 Å². The van der Waals surface area contributed by atoms with Gasteiger partial charge in [0.15, 0.2) is 5.82 Å². The zero-order valence-electron chi connectivity index (χ0n) is 5.33. The molecule has 3 nitrogen and oxygen atoms in total. The zero-order chi connectivity index (χ0) is 8.43. The lowest BCUT2D eigenvalue weighted by Gasteiger charge is -1.97. The maximum absolute atomic E-state index is 12.2. The second kappa shape index (κ2) is 2.94. The van der Waals surface area contributed by atoms with Gasteiger partial charge in [0.25, 0.3) is 0 Å². The zero-order valence-corrected chi connectivity index (χ0v) is 5.33. The molecule has 11 heavy (non-hydrogen) atoms. The summed E-state index contributed by atoms with van der Waals surface area (Å²) in [5.41, 5.74) is -0.316. The van der Waals surface area contributed by atoms with Gasteiger partial charge >= 0.3 is 7.12 Å². The second-order valence-corrected chi connectivity index (χ2v) is 1.88. The lowest BCUT2D eigenvalue weighted by atomic mass is 9.86. The first kappa shape index (κ1) is 8.09. The maximum Gasteiger partial charge on any atom is 0.508 e. The van der Waals surface area contributed by atoms with Crippen molar-refractivity contribution < 1.29 is 18.8 Å². The molecular weight excluding hydrogens is 155 g/mol. The van der Waals surface area contributed by atoms with Gasteiger partial charge in [-0.1, -0.05) is 0 Å². The Morgan fingerprint density at radius 1 is 1.27 bits per heavy atom. The summed E-state index contributed by atoms with van der Waals surface area (Å²) in [5.74, 6) is -2.45. The number of pyridine rings is 1. The van der Waals surface area contributed by atoms with Crippen LogP contribution in [-0.2, 0) is 0 Å². The van der Waals surface area contributed by atoms with Gasteiger partial charge in [0.05, 0.1) is 5.59 Å². The molecule has 0 atom stereocenters. The van der Waals surface area contributed by atoms with E-state index in [1.54, 1.807) is 0 Å². The molecule has 0 radical (unpaired) electrons. The highest BCUT2D eigenvalue weighted by Gasteiger charge is 2.14. The SMILES string of the molecule is OB(O)c1ccc(F)c(F)n1. The average molecular weight is 159 g/mol. The Bertz CT molecular complexity index is 269. The van der Waals surface area contributed by atoms with Crippen LogP contribution in [-0.4, -0.2) is 22.2 Å². The van der Waals surface area contributed by atoms with Crippen molar-refractivity contribution in [3.63, 3.8) is 0 Å². The molecule has 6 heteroatoms. The number of nitrogens with zero attached hydrogens (tertiary/aromatic N) is 1. The lowest BCUT2D eigenvalue weighted by Crippen LogP contribution is -2.33. The minimum absolute atomic E-state index is 0.316. The molecule has 0 aliphatic rings. The highest BCUT2D eigenvalue weighted by atomic mass is 19.2. The van der Waals surface area contributed by atoms with Crippen LogP contribution in [0.5, 0.6) is 0 Å². The first-order valence-corrected chi connectivity index (χ1v) is 2.79. The summed E-state index contributed by atoms with van der Waals surface area (Å²) in [6, 6.07) is 1.76. The van der Waals surface area contributed by atoms with Crippen LogP contribution in [0.3, 0.4) is 0 Å². The minimum Gasteiger partial charge on any atom is -0.422 e. The average Bonchev–Trinajstić information content (AvgIpc) is 1.94. The molecule has 0 aliphatic heterocycles. The number of halogens is 2. The van der Waals surface area contributed by atoms with Crippen LogP contribution in [0, 0.1) is 11.8 Å². The monoisotopic (exact) mass is 159 g/mol. The third kappa shape index (κ3) is 1.72. The van der Waals surface area contributed by atoms with E-state index >= 15 is 0 Å². The highest BCUT2D eigenvalue weighted by Crippen LogP contribution is 1.97. The number of hydrogen-bond donors (Lipinski definition) is 2. The van der Waals surface area contributed by atoms with Gasteiger partial charge in [0.1, 0.15) is 0 Å². The van der Waals surface area contributed by atoms with Gasteiger partial charge in [-0.2, -0.15) is 4.39 Å². The molecule has 0 saturated heterocycles. The van der Waals surface area contributed by atoms with Gasteiger partial charge in [-0.3, -0.25) is 0 Å². The molecule has 0 fully saturated rings. The fourth-order valence-corrected chi connectivity index (χ4v) is 0.575. The minimum atomic E-state index is -1.87. The Morgan fingerprint density at radius 3 is 2.36 bits per heavy atom. The van der Waals surface area contributed by atoms with Crippen molar-refractivity contribution in [2.75, 3.05) is 0 Å². The molecule has 0 bridgehead atoms. The van der Waals surface area contributed by atoms with Crippen molar-refractivity contribution in [3.8, 4) is 0 Å². The largest absolute Gasteiger partial charge is 0.508 e. The molecule has 58 valence electrons. The van der Waals surface area contributed by atoms with E-state index in [0.29, 0.717) is 0 Å². The molecule has 1 aromatic heterocycles. The van der Waals surface area contributed by atoms with E-state index in [1.165, 1.54) is 0 Å². The van der Waals surface area contributed by atoms with Crippen molar-refractivity contribution in [1.82, 2.24) is 4.98 Å². The normalized spacial score (nSPS) is 9.82. The van der Waals surface area contributed by atoms with E-state index in [0.717, 1.165) is 12.1 Å². The van der Waals surface area contributed by atoms with E-state index in [9.17, 15) is 8.78 Å². The molecule has 0 aromatic carbocycles. The molecule has 0 amide bonds. The van der Waals surface area contributed by atoms with Gasteiger partial charge in [-0.25, -0.2) is 9.37 Å². The maximum atomic E-state index is 12.2. The summed E-state index contributed by atoms with van der Waals surface area (Å²) in [5, 5.41) is 16.9. The van der Waals surface area contributed by atoms with Crippen molar-refractivity contribution in [2.45, 2.75) is 0 Å². The third-order valence-corrected chi connectivity index (χ3v) is 1.09. The molecule has 2 N–H and O–H groups in total. The molecule has 0 spiro atoms. The summed E-state index contributed by atoms with van der Waals surface area (Å²) in [6.45, 7) is 0. The van der Waals surface area contributed by atoms with E-state index in [2.05, 4.69) is 4.98 Å². The molecule has 0 unspecified atom stereocenters. The molecule has 0 saturated carbocycles. The summed E-state index contributed by atoms with van der Waals surface area (Å²) in [7, 11) is -1.87. The Hall–Kier alpha value is -1.01. The number of hydrogen-bond acceptors (Lipinski definition) is 3. The Labute approximate surface area is 61.5 Å². The number of rotatable bonds is 1. The standard InChI is InChI=1S/C5H4BF2NO2/c7-3-1-2-4(6(10)11)9-5(3)8/h1-2,10-11H. The third-order valence-electron chi connectivity index (χ3n) is 1.09. The number of aromatic nitrogens is 1. The van der Waals surface area contributed by atoms with Crippen molar-refractivity contribution >= 4 is 12.7 Å². The Balaban J connectivity index is 3.05. The summed E-state index contributed by atoms with van der Waals surface area (Å²) < 4.78 is 24.4. The molecule has 0 aliphatic carbocycles. The molecular formula is C5H4BF2NO2. The summed E-state index contributed by atoms with van der Waals surface area (Å²) in [4.78, 5) is 2.93. The van der Waals surface area contributed by atoms with E-state index < -0.39 is 18.9 Å². The van der Waals surface area contributed by atoms with Crippen LogP contribution in [0.15, 0.2) is 12.1 Å². The molecule has 1 aromatic rings. The smallest absolute Gasteiger partial charge is 0.422 e. The van der Waals surface area contributed by atoms with Crippen molar-refractivity contribution in [2.24, 2.45) is 0 Å². The van der Waals surface area contributed by atoms with Gasteiger partial charge < -0.3 is 10.0 Å². The van der Waals surface area contributed by atoms with Crippen LogP contribution < -0.4 is 5.59 Å². The first-order valence-electron chi connectivity index (χ1n) is 2.79. The van der Waals surface area contributed by atoms with Gasteiger partial charge in [0.2, 0.25) is 5.95 Å². The first-order chi connectivity index (χ1) is 5.11. The van der Waals surface area contributed by atoms with E-state index in [4.69, 9.17) is 10.0 Å². The highest BCUT2D eigenvalue weighted by molar-refractivity contribution is 6.57. The van der Waals surface area contributed by atoms with Crippen LogP contribution in [0.25, 0.3) is 0 Å². The van der Waals surface area contributed by atoms with Crippen LogP contribution in [0.4, 0.5) is 8.78 Å². The fourth-order valence-electron chi connectivity index (χ4n) is 0.575. The van der Waals surface area contributed by atoms with E-state index in [-0.39, 0.29) is 5.59 Å². The second-order valence-electron chi connectivity index (χ2n) is 1.88. The molecule has 1 rings (SSSR count). The van der Waals surface area contributed by atoms with E-state index in [1.807, 2.05) is 0 Å². The van der Waals surface area contributed by atoms with Gasteiger partial charge in [0, 0.05) is 0 Å². The van der Waals surface area contributed by atoms with Crippen LogP contribution >= 0.6 is 0 Å². The Kier molecular flexibility index (Phi) is 2.16.